The Kier molecular flexibility index (Phi) is 5.15. The van der Waals surface area contributed by atoms with Crippen LogP contribution in [0.4, 0.5) is 13.2 Å². The number of halogens is 3. The predicted molar refractivity (Wildman–Crippen MR) is 59.5 cm³/mol. The number of nitrogens with one attached hydrogen (secondary N) is 2. The molecule has 0 aromatic carbocycles. The summed E-state index contributed by atoms with van der Waals surface area (Å²) in [4.78, 5) is 22.8. The first kappa shape index (κ1) is 16.7. The van der Waals surface area contributed by atoms with Crippen molar-refractivity contribution in [3.8, 4) is 0 Å². The van der Waals surface area contributed by atoms with Gasteiger partial charge in [0.15, 0.2) is 5.54 Å². The number of carbonyl (C=O) groups excluding carboxylic acids is 2. The minimum absolute atomic E-state index is 0.177. The van der Waals surface area contributed by atoms with E-state index < -0.39 is 29.6 Å². The van der Waals surface area contributed by atoms with Gasteiger partial charge < -0.3 is 16.4 Å². The molecular formula is C10H18F3N3O2. The van der Waals surface area contributed by atoms with E-state index in [-0.39, 0.29) is 6.04 Å². The van der Waals surface area contributed by atoms with Crippen LogP contribution in [0.25, 0.3) is 0 Å². The molecule has 0 rings (SSSR count). The minimum Gasteiger partial charge on any atom is -0.352 e. The number of hydrogen-bond donors (Lipinski definition) is 3. The lowest BCUT2D eigenvalue weighted by atomic mass is 10.0. The van der Waals surface area contributed by atoms with Crippen molar-refractivity contribution < 1.29 is 22.8 Å². The van der Waals surface area contributed by atoms with Crippen LogP contribution in [0.15, 0.2) is 0 Å². The average Bonchev–Trinajstić information content (AvgIpc) is 2.14. The first-order valence-corrected chi connectivity index (χ1v) is 5.36. The quantitative estimate of drug-likeness (QED) is 0.686. The van der Waals surface area contributed by atoms with Gasteiger partial charge in [0.25, 0.3) is 0 Å². The Morgan fingerprint density at radius 3 is 1.89 bits per heavy atom. The van der Waals surface area contributed by atoms with Crippen molar-refractivity contribution in [2.45, 2.75) is 51.5 Å². The van der Waals surface area contributed by atoms with E-state index in [0.717, 1.165) is 0 Å². The Morgan fingerprint density at radius 2 is 1.56 bits per heavy atom. The second-order valence-corrected chi connectivity index (χ2v) is 4.56. The van der Waals surface area contributed by atoms with Crippen LogP contribution in [-0.4, -0.2) is 35.6 Å². The van der Waals surface area contributed by atoms with Gasteiger partial charge in [0.05, 0.1) is 0 Å². The Morgan fingerprint density at radius 1 is 1.11 bits per heavy atom. The highest BCUT2D eigenvalue weighted by Gasteiger charge is 2.54. The SMILES string of the molecule is CC(C)NC(=O)C(C)NC(=O)C(C)(N)C(F)(F)F. The molecule has 8 heteroatoms. The fraction of sp³-hybridized carbons (Fsp3) is 0.800. The van der Waals surface area contributed by atoms with Crippen LogP contribution in [0.3, 0.4) is 0 Å². The molecule has 5 nitrogen and oxygen atoms in total. The zero-order chi connectivity index (χ0) is 14.7. The highest BCUT2D eigenvalue weighted by atomic mass is 19.4. The van der Waals surface area contributed by atoms with E-state index in [1.54, 1.807) is 13.8 Å². The van der Waals surface area contributed by atoms with Gasteiger partial charge in [-0.3, -0.25) is 9.59 Å². The molecule has 106 valence electrons. The van der Waals surface area contributed by atoms with Gasteiger partial charge in [-0.2, -0.15) is 13.2 Å². The molecular weight excluding hydrogens is 251 g/mol. The van der Waals surface area contributed by atoms with E-state index in [9.17, 15) is 22.8 Å². The van der Waals surface area contributed by atoms with Gasteiger partial charge in [-0.25, -0.2) is 0 Å². The molecule has 2 amide bonds. The summed E-state index contributed by atoms with van der Waals surface area (Å²) in [6.07, 6.45) is -4.88. The summed E-state index contributed by atoms with van der Waals surface area (Å²) in [5, 5.41) is 4.40. The highest BCUT2D eigenvalue weighted by Crippen LogP contribution is 2.27. The molecule has 0 saturated heterocycles. The molecule has 0 fully saturated rings. The Hall–Kier alpha value is -1.31. The van der Waals surface area contributed by atoms with Gasteiger partial charge in [-0.15, -0.1) is 0 Å². The predicted octanol–water partition coefficient (Wildman–Crippen LogP) is 0.295. The van der Waals surface area contributed by atoms with Gasteiger partial charge in [-0.1, -0.05) is 0 Å². The summed E-state index contributed by atoms with van der Waals surface area (Å²) in [5.41, 5.74) is 1.89. The van der Waals surface area contributed by atoms with E-state index in [1.165, 1.54) is 6.92 Å². The lowest BCUT2D eigenvalue weighted by Gasteiger charge is -2.27. The topological polar surface area (TPSA) is 84.2 Å². The van der Waals surface area contributed by atoms with Gasteiger partial charge in [0, 0.05) is 6.04 Å². The molecule has 0 spiro atoms. The lowest BCUT2D eigenvalue weighted by Crippen LogP contribution is -2.63. The van der Waals surface area contributed by atoms with E-state index in [2.05, 4.69) is 5.32 Å². The number of rotatable bonds is 4. The number of nitrogens with two attached hydrogens (primary N) is 1. The lowest BCUT2D eigenvalue weighted by molar-refractivity contribution is -0.188. The van der Waals surface area contributed by atoms with E-state index in [4.69, 9.17) is 5.73 Å². The summed E-state index contributed by atoms with van der Waals surface area (Å²) in [5.74, 6) is -2.02. The van der Waals surface area contributed by atoms with E-state index in [1.807, 2.05) is 5.32 Å². The van der Waals surface area contributed by atoms with Gasteiger partial charge in [0.2, 0.25) is 11.8 Å². The molecule has 0 aliphatic carbocycles. The fourth-order valence-electron chi connectivity index (χ4n) is 0.950. The number of amides is 2. The third kappa shape index (κ3) is 4.17. The monoisotopic (exact) mass is 269 g/mol. The van der Waals surface area contributed by atoms with Crippen LogP contribution in [-0.2, 0) is 9.59 Å². The summed E-state index contributed by atoms with van der Waals surface area (Å²) in [7, 11) is 0. The van der Waals surface area contributed by atoms with Crippen molar-refractivity contribution in [2.75, 3.05) is 0 Å². The Labute approximate surface area is 103 Å². The second-order valence-electron chi connectivity index (χ2n) is 4.56. The minimum atomic E-state index is -4.88. The molecule has 18 heavy (non-hydrogen) atoms. The van der Waals surface area contributed by atoms with Crippen molar-refractivity contribution in [2.24, 2.45) is 5.73 Å². The van der Waals surface area contributed by atoms with Crippen LogP contribution in [0.5, 0.6) is 0 Å². The Balaban J connectivity index is 4.63. The van der Waals surface area contributed by atoms with Crippen LogP contribution in [0, 0.1) is 0 Å². The molecule has 4 N–H and O–H groups in total. The highest BCUT2D eigenvalue weighted by molar-refractivity contribution is 5.92. The summed E-state index contributed by atoms with van der Waals surface area (Å²) in [6.45, 7) is 5.21. The number of hydrogen-bond acceptors (Lipinski definition) is 3. The van der Waals surface area contributed by atoms with Crippen LogP contribution in [0.2, 0.25) is 0 Å². The maximum absolute atomic E-state index is 12.5. The maximum Gasteiger partial charge on any atom is 0.415 e. The van der Waals surface area contributed by atoms with Crippen LogP contribution < -0.4 is 16.4 Å². The normalized spacial score (nSPS) is 16.9. The standard InChI is InChI=1S/C10H18F3N3O2/c1-5(2)15-7(17)6(3)16-8(18)9(4,14)10(11,12)13/h5-6H,14H2,1-4H3,(H,15,17)(H,16,18). The largest absolute Gasteiger partial charge is 0.415 e. The zero-order valence-electron chi connectivity index (χ0n) is 10.7. The zero-order valence-corrected chi connectivity index (χ0v) is 10.7. The van der Waals surface area contributed by atoms with Crippen LogP contribution >= 0.6 is 0 Å². The average molecular weight is 269 g/mol. The molecule has 0 aromatic rings. The molecule has 0 aliphatic rings. The van der Waals surface area contributed by atoms with E-state index >= 15 is 0 Å². The smallest absolute Gasteiger partial charge is 0.352 e. The third-order valence-electron chi connectivity index (χ3n) is 2.23. The van der Waals surface area contributed by atoms with Crippen molar-refractivity contribution in [3.63, 3.8) is 0 Å². The summed E-state index contributed by atoms with van der Waals surface area (Å²) in [6, 6.07) is -1.27. The second kappa shape index (κ2) is 5.55. The number of carbonyl (C=O) groups is 2. The molecule has 2 unspecified atom stereocenters. The maximum atomic E-state index is 12.5. The van der Waals surface area contributed by atoms with Crippen molar-refractivity contribution in [1.29, 1.82) is 0 Å². The number of alkyl halides is 3. The Bertz CT molecular complexity index is 327. The van der Waals surface area contributed by atoms with E-state index in [0.29, 0.717) is 6.92 Å². The summed E-state index contributed by atoms with van der Waals surface area (Å²) < 4.78 is 37.4. The van der Waals surface area contributed by atoms with Gasteiger partial charge >= 0.3 is 6.18 Å². The van der Waals surface area contributed by atoms with Gasteiger partial charge in [-0.05, 0) is 27.7 Å². The first-order chi connectivity index (χ1) is 7.89. The molecule has 0 saturated carbocycles. The molecule has 0 radical (unpaired) electrons. The fourth-order valence-corrected chi connectivity index (χ4v) is 0.950. The molecule has 0 aromatic heterocycles. The van der Waals surface area contributed by atoms with Crippen molar-refractivity contribution >= 4 is 11.8 Å². The van der Waals surface area contributed by atoms with Crippen molar-refractivity contribution in [3.05, 3.63) is 0 Å². The summed E-state index contributed by atoms with van der Waals surface area (Å²) >= 11 is 0. The molecule has 2 atom stereocenters. The van der Waals surface area contributed by atoms with Crippen LogP contribution in [0.1, 0.15) is 27.7 Å². The van der Waals surface area contributed by atoms with Crippen molar-refractivity contribution in [1.82, 2.24) is 10.6 Å². The first-order valence-electron chi connectivity index (χ1n) is 5.36. The molecule has 0 bridgehead atoms. The molecule has 0 heterocycles. The molecule has 0 aliphatic heterocycles. The third-order valence-corrected chi connectivity index (χ3v) is 2.23. The van der Waals surface area contributed by atoms with Gasteiger partial charge in [0.1, 0.15) is 6.04 Å².